The molecule has 6 heteroatoms. The van der Waals surface area contributed by atoms with Gasteiger partial charge in [0.25, 0.3) is 0 Å². The number of nitrogens with zero attached hydrogens (tertiary/aromatic N) is 3. The van der Waals surface area contributed by atoms with Crippen molar-refractivity contribution in [3.05, 3.63) is 102 Å². The minimum absolute atomic E-state index is 0.150. The van der Waals surface area contributed by atoms with Crippen molar-refractivity contribution >= 4 is 16.8 Å². The number of hydrogen-bond acceptors (Lipinski definition) is 3. The largest absolute Gasteiger partial charge is 0.497 e. The average Bonchev–Trinajstić information content (AvgIpc) is 3.30. The molecule has 4 aromatic rings. The third-order valence-corrected chi connectivity index (χ3v) is 7.53. The SMILES string of the molecule is CCN1CCN(C(=O)C[C@@H](c2ccc(F)cc2)c2cn(Cc3ccc(OC)cc3)c3ccccc23)CC1. The number of aromatic nitrogens is 1. The molecule has 1 aliphatic rings. The van der Waals surface area contributed by atoms with Crippen LogP contribution in [0.3, 0.4) is 0 Å². The number of fused-ring (bicyclic) bond motifs is 1. The Morgan fingerprint density at radius 3 is 2.32 bits per heavy atom. The number of amides is 1. The molecule has 0 spiro atoms. The van der Waals surface area contributed by atoms with E-state index in [2.05, 4.69) is 46.9 Å². The number of carbonyl (C=O) groups is 1. The fourth-order valence-corrected chi connectivity index (χ4v) is 5.33. The normalized spacial score (nSPS) is 15.2. The van der Waals surface area contributed by atoms with Crippen molar-refractivity contribution < 1.29 is 13.9 Å². The van der Waals surface area contributed by atoms with Gasteiger partial charge >= 0.3 is 0 Å². The van der Waals surface area contributed by atoms with Crippen LogP contribution in [0.2, 0.25) is 0 Å². The molecule has 0 unspecified atom stereocenters. The van der Waals surface area contributed by atoms with Crippen molar-refractivity contribution in [2.45, 2.75) is 25.8 Å². The van der Waals surface area contributed by atoms with Crippen LogP contribution in [0.15, 0.2) is 79.0 Å². The first-order valence-electron chi connectivity index (χ1n) is 13.0. The molecule has 1 saturated heterocycles. The first kappa shape index (κ1) is 25.0. The summed E-state index contributed by atoms with van der Waals surface area (Å²) in [5.74, 6) is 0.541. The molecule has 1 amide bonds. The van der Waals surface area contributed by atoms with Crippen LogP contribution in [0.1, 0.15) is 36.0 Å². The van der Waals surface area contributed by atoms with Crippen LogP contribution in [-0.4, -0.2) is 60.1 Å². The van der Waals surface area contributed by atoms with Crippen LogP contribution in [0.5, 0.6) is 5.75 Å². The summed E-state index contributed by atoms with van der Waals surface area (Å²) in [6.45, 7) is 7.19. The maximum atomic E-state index is 13.8. The Balaban J connectivity index is 1.49. The fourth-order valence-electron chi connectivity index (χ4n) is 5.33. The zero-order chi connectivity index (χ0) is 25.8. The maximum Gasteiger partial charge on any atom is 0.223 e. The number of methoxy groups -OCH3 is 1. The standard InChI is InChI=1S/C31H34FN3O2/c1-3-33-16-18-34(19-17-33)31(36)20-28(24-10-12-25(32)13-11-24)29-22-35(30-7-5-4-6-27(29)30)21-23-8-14-26(37-2)15-9-23/h4-15,22,28H,3,16-21H2,1-2H3/t28-/m0/s1. The summed E-state index contributed by atoms with van der Waals surface area (Å²) >= 11 is 0. The number of piperazine rings is 1. The number of hydrogen-bond donors (Lipinski definition) is 0. The molecule has 3 aromatic carbocycles. The third-order valence-electron chi connectivity index (χ3n) is 7.53. The van der Waals surface area contributed by atoms with Crippen molar-refractivity contribution in [1.82, 2.24) is 14.4 Å². The van der Waals surface area contributed by atoms with Crippen molar-refractivity contribution in [3.63, 3.8) is 0 Å². The summed E-state index contributed by atoms with van der Waals surface area (Å²) in [5, 5.41) is 1.12. The van der Waals surface area contributed by atoms with Gasteiger partial charge in [0.2, 0.25) is 5.91 Å². The number of likely N-dealkylation sites (N-methyl/N-ethyl adjacent to an activating group) is 1. The Hall–Kier alpha value is -3.64. The highest BCUT2D eigenvalue weighted by Gasteiger charge is 2.27. The Kier molecular flexibility index (Phi) is 7.56. The highest BCUT2D eigenvalue weighted by Crippen LogP contribution is 2.36. The second-order valence-corrected chi connectivity index (χ2v) is 9.70. The van der Waals surface area contributed by atoms with Crippen molar-refractivity contribution in [2.75, 3.05) is 39.8 Å². The summed E-state index contributed by atoms with van der Waals surface area (Å²) in [6, 6.07) is 23.0. The van der Waals surface area contributed by atoms with Crippen molar-refractivity contribution in [3.8, 4) is 5.75 Å². The summed E-state index contributed by atoms with van der Waals surface area (Å²) in [4.78, 5) is 17.9. The number of ether oxygens (including phenoxy) is 1. The van der Waals surface area contributed by atoms with Gasteiger partial charge in [-0.1, -0.05) is 49.4 Å². The molecule has 1 aliphatic heterocycles. The third kappa shape index (κ3) is 5.54. The molecule has 0 N–H and O–H groups in total. The second kappa shape index (κ2) is 11.2. The lowest BCUT2D eigenvalue weighted by Gasteiger charge is -2.34. The molecule has 192 valence electrons. The zero-order valence-electron chi connectivity index (χ0n) is 21.6. The van der Waals surface area contributed by atoms with E-state index >= 15 is 0 Å². The van der Waals surface area contributed by atoms with Gasteiger partial charge in [0.15, 0.2) is 0 Å². The number of rotatable bonds is 8. The van der Waals surface area contributed by atoms with E-state index in [4.69, 9.17) is 4.74 Å². The first-order chi connectivity index (χ1) is 18.1. The predicted octanol–water partition coefficient (Wildman–Crippen LogP) is 5.52. The Morgan fingerprint density at radius 2 is 1.65 bits per heavy atom. The van der Waals surface area contributed by atoms with Gasteiger partial charge in [-0.25, -0.2) is 4.39 Å². The van der Waals surface area contributed by atoms with E-state index in [1.54, 1.807) is 7.11 Å². The molecule has 0 aliphatic carbocycles. The highest BCUT2D eigenvalue weighted by molar-refractivity contribution is 5.87. The fraction of sp³-hybridized carbons (Fsp3) is 0.323. The topological polar surface area (TPSA) is 37.7 Å². The molecule has 1 aromatic heterocycles. The van der Waals surface area contributed by atoms with Crippen molar-refractivity contribution in [2.24, 2.45) is 0 Å². The predicted molar refractivity (Wildman–Crippen MR) is 146 cm³/mol. The molecular weight excluding hydrogens is 465 g/mol. The van der Waals surface area contributed by atoms with Crippen LogP contribution in [0, 0.1) is 5.82 Å². The molecule has 37 heavy (non-hydrogen) atoms. The summed E-state index contributed by atoms with van der Waals surface area (Å²) in [7, 11) is 1.67. The minimum Gasteiger partial charge on any atom is -0.497 e. The average molecular weight is 500 g/mol. The van der Waals surface area contributed by atoms with Gasteiger partial charge < -0.3 is 19.1 Å². The molecule has 1 fully saturated rings. The lowest BCUT2D eigenvalue weighted by atomic mass is 9.87. The second-order valence-electron chi connectivity index (χ2n) is 9.70. The van der Waals surface area contributed by atoms with Gasteiger partial charge in [0, 0.05) is 62.2 Å². The summed E-state index contributed by atoms with van der Waals surface area (Å²) in [6.07, 6.45) is 2.53. The maximum absolute atomic E-state index is 13.8. The van der Waals surface area contributed by atoms with Gasteiger partial charge in [0.1, 0.15) is 11.6 Å². The van der Waals surface area contributed by atoms with E-state index < -0.39 is 0 Å². The van der Waals surface area contributed by atoms with Crippen molar-refractivity contribution in [1.29, 1.82) is 0 Å². The van der Waals surface area contributed by atoms with Gasteiger partial charge in [0.05, 0.1) is 7.11 Å². The van der Waals surface area contributed by atoms with Crippen LogP contribution in [0.4, 0.5) is 4.39 Å². The quantitative estimate of drug-likeness (QED) is 0.320. The van der Waals surface area contributed by atoms with E-state index in [0.29, 0.717) is 13.0 Å². The zero-order valence-corrected chi connectivity index (χ0v) is 21.6. The van der Waals surface area contributed by atoms with Gasteiger partial charge in [-0.05, 0) is 53.6 Å². The molecule has 2 heterocycles. The van der Waals surface area contributed by atoms with Crippen LogP contribution in [0.25, 0.3) is 10.9 Å². The lowest BCUT2D eigenvalue weighted by Crippen LogP contribution is -2.48. The Morgan fingerprint density at radius 1 is 0.946 bits per heavy atom. The molecule has 5 rings (SSSR count). The molecule has 0 saturated carbocycles. The van der Waals surface area contributed by atoms with Crippen LogP contribution < -0.4 is 4.74 Å². The Labute approximate surface area is 218 Å². The Bertz CT molecular complexity index is 1340. The number of benzene rings is 3. The number of halogens is 1. The molecular formula is C31H34FN3O2. The van der Waals surface area contributed by atoms with Gasteiger partial charge in [-0.2, -0.15) is 0 Å². The van der Waals surface area contributed by atoms with E-state index in [-0.39, 0.29) is 17.6 Å². The molecule has 0 radical (unpaired) electrons. The van der Waals surface area contributed by atoms with E-state index in [0.717, 1.165) is 66.1 Å². The smallest absolute Gasteiger partial charge is 0.223 e. The lowest BCUT2D eigenvalue weighted by molar-refractivity contribution is -0.133. The summed E-state index contributed by atoms with van der Waals surface area (Å²) < 4.78 is 21.4. The van der Waals surface area contributed by atoms with E-state index in [1.807, 2.05) is 41.3 Å². The van der Waals surface area contributed by atoms with Gasteiger partial charge in [-0.15, -0.1) is 0 Å². The monoisotopic (exact) mass is 499 g/mol. The van der Waals surface area contributed by atoms with E-state index in [1.165, 1.54) is 12.1 Å². The van der Waals surface area contributed by atoms with Crippen LogP contribution in [-0.2, 0) is 11.3 Å². The number of carbonyl (C=O) groups excluding carboxylic acids is 1. The highest BCUT2D eigenvalue weighted by atomic mass is 19.1. The molecule has 5 nitrogen and oxygen atoms in total. The molecule has 1 atom stereocenters. The minimum atomic E-state index is -0.272. The van der Waals surface area contributed by atoms with E-state index in [9.17, 15) is 9.18 Å². The summed E-state index contributed by atoms with van der Waals surface area (Å²) in [5.41, 5.74) is 4.33. The molecule has 0 bridgehead atoms. The first-order valence-corrected chi connectivity index (χ1v) is 13.0. The van der Waals surface area contributed by atoms with Crippen LogP contribution >= 0.6 is 0 Å². The number of para-hydroxylation sites is 1. The van der Waals surface area contributed by atoms with Gasteiger partial charge in [-0.3, -0.25) is 4.79 Å².